The summed E-state index contributed by atoms with van der Waals surface area (Å²) in [7, 11) is 1.87. The first kappa shape index (κ1) is 14.1. The lowest BCUT2D eigenvalue weighted by Crippen LogP contribution is -2.51. The van der Waals surface area contributed by atoms with Crippen LogP contribution < -0.4 is 5.32 Å². The second-order valence-electron chi connectivity index (χ2n) is 6.46. The monoisotopic (exact) mass is 290 g/mol. The van der Waals surface area contributed by atoms with Gasteiger partial charge in [-0.15, -0.1) is 0 Å². The van der Waals surface area contributed by atoms with Gasteiger partial charge in [0.15, 0.2) is 0 Å². The lowest BCUT2D eigenvalue weighted by Gasteiger charge is -2.40. The molecule has 0 aromatic carbocycles. The van der Waals surface area contributed by atoms with Crippen LogP contribution >= 0.6 is 0 Å². The molecule has 21 heavy (non-hydrogen) atoms. The molecule has 6 nitrogen and oxygen atoms in total. The smallest absolute Gasteiger partial charge is 0.304 e. The van der Waals surface area contributed by atoms with Crippen molar-refractivity contribution in [2.24, 2.45) is 13.0 Å². The van der Waals surface area contributed by atoms with Crippen molar-refractivity contribution in [3.05, 3.63) is 17.5 Å². The van der Waals surface area contributed by atoms with E-state index < -0.39 is 5.54 Å². The lowest BCUT2D eigenvalue weighted by molar-refractivity contribution is -0.128. The van der Waals surface area contributed by atoms with Crippen molar-refractivity contribution in [3.8, 4) is 0 Å². The number of aryl methyl sites for hydroxylation is 2. The van der Waals surface area contributed by atoms with Gasteiger partial charge < -0.3 is 4.90 Å². The van der Waals surface area contributed by atoms with E-state index in [0.29, 0.717) is 12.5 Å². The molecule has 3 amide bonds. The number of carbonyl (C=O) groups is 2. The Morgan fingerprint density at radius 2 is 2.05 bits per heavy atom. The zero-order valence-corrected chi connectivity index (χ0v) is 12.8. The molecule has 1 spiro atoms. The molecule has 1 aliphatic carbocycles. The van der Waals surface area contributed by atoms with E-state index in [1.165, 1.54) is 0 Å². The third kappa shape index (κ3) is 2.22. The van der Waals surface area contributed by atoms with Gasteiger partial charge >= 0.3 is 6.03 Å². The molecule has 3 rings (SSSR count). The molecule has 1 aromatic rings. The molecular weight excluding hydrogens is 268 g/mol. The van der Waals surface area contributed by atoms with E-state index in [4.69, 9.17) is 0 Å². The number of hydrogen-bond donors (Lipinski definition) is 1. The minimum Gasteiger partial charge on any atom is -0.304 e. The Morgan fingerprint density at radius 1 is 1.38 bits per heavy atom. The van der Waals surface area contributed by atoms with Crippen molar-refractivity contribution in [2.75, 3.05) is 0 Å². The second kappa shape index (κ2) is 4.86. The summed E-state index contributed by atoms with van der Waals surface area (Å²) in [4.78, 5) is 26.3. The standard InChI is InChI=1S/C15H22N4O2/c1-10-4-6-15(7-5-10)13(20)16-14(21)19(15)9-12-8-11(2)17-18(12)3/h8,10H,4-7,9H2,1-3H3,(H,16,20,21). The molecular formula is C15H22N4O2. The zero-order chi connectivity index (χ0) is 15.2. The van der Waals surface area contributed by atoms with E-state index in [1.807, 2.05) is 20.0 Å². The Kier molecular flexibility index (Phi) is 3.26. The normalized spacial score (nSPS) is 29.3. The molecule has 0 radical (unpaired) electrons. The Balaban J connectivity index is 1.89. The summed E-state index contributed by atoms with van der Waals surface area (Å²) >= 11 is 0. The molecule has 0 bridgehead atoms. The van der Waals surface area contributed by atoms with Gasteiger partial charge in [0, 0.05) is 7.05 Å². The second-order valence-corrected chi connectivity index (χ2v) is 6.46. The molecule has 2 aliphatic rings. The van der Waals surface area contributed by atoms with Gasteiger partial charge in [-0.2, -0.15) is 5.10 Å². The van der Waals surface area contributed by atoms with Crippen molar-refractivity contribution in [1.82, 2.24) is 20.0 Å². The minimum atomic E-state index is -0.651. The first-order valence-corrected chi connectivity index (χ1v) is 7.55. The minimum absolute atomic E-state index is 0.127. The van der Waals surface area contributed by atoms with Crippen LogP contribution in [-0.4, -0.2) is 32.2 Å². The van der Waals surface area contributed by atoms with E-state index in [0.717, 1.165) is 37.1 Å². The van der Waals surface area contributed by atoms with Gasteiger partial charge in [-0.25, -0.2) is 4.79 Å². The van der Waals surface area contributed by atoms with Crippen LogP contribution in [0.4, 0.5) is 4.79 Å². The fourth-order valence-corrected chi connectivity index (χ4v) is 3.53. The molecule has 1 aliphatic heterocycles. The number of imide groups is 1. The van der Waals surface area contributed by atoms with Gasteiger partial charge in [-0.1, -0.05) is 6.92 Å². The topological polar surface area (TPSA) is 67.2 Å². The number of aromatic nitrogens is 2. The first-order valence-electron chi connectivity index (χ1n) is 7.55. The number of nitrogens with zero attached hydrogens (tertiary/aromatic N) is 3. The predicted molar refractivity (Wildman–Crippen MR) is 77.4 cm³/mol. The van der Waals surface area contributed by atoms with Crippen LogP contribution in [0.15, 0.2) is 6.07 Å². The summed E-state index contributed by atoms with van der Waals surface area (Å²) in [6, 6.07) is 1.70. The van der Waals surface area contributed by atoms with E-state index in [1.54, 1.807) is 9.58 Å². The van der Waals surface area contributed by atoms with Crippen LogP contribution in [0.25, 0.3) is 0 Å². The summed E-state index contributed by atoms with van der Waals surface area (Å²) in [5.41, 5.74) is 1.22. The SMILES string of the molecule is Cc1cc(CN2C(=O)NC(=O)C23CCC(C)CC3)n(C)n1. The summed E-state index contributed by atoms with van der Waals surface area (Å²) in [6.07, 6.45) is 3.48. The number of nitrogens with one attached hydrogen (secondary N) is 1. The van der Waals surface area contributed by atoms with Crippen LogP contribution in [0, 0.1) is 12.8 Å². The third-order valence-corrected chi connectivity index (χ3v) is 4.93. The summed E-state index contributed by atoms with van der Waals surface area (Å²) < 4.78 is 1.78. The number of carbonyl (C=O) groups excluding carboxylic acids is 2. The predicted octanol–water partition coefficient (Wildman–Crippen LogP) is 1.73. The molecule has 1 N–H and O–H groups in total. The van der Waals surface area contributed by atoms with Crippen molar-refractivity contribution in [2.45, 2.75) is 51.6 Å². The van der Waals surface area contributed by atoms with Crippen LogP contribution in [0.3, 0.4) is 0 Å². The molecule has 2 heterocycles. The number of rotatable bonds is 2. The average Bonchev–Trinajstić information content (AvgIpc) is 2.85. The molecule has 2 fully saturated rings. The Hall–Kier alpha value is -1.85. The van der Waals surface area contributed by atoms with Crippen LogP contribution in [0.1, 0.15) is 44.0 Å². The maximum atomic E-state index is 12.4. The van der Waals surface area contributed by atoms with Gasteiger partial charge in [-0.05, 0) is 44.6 Å². The molecule has 1 saturated heterocycles. The fraction of sp³-hybridized carbons (Fsp3) is 0.667. The Morgan fingerprint density at radius 3 is 2.62 bits per heavy atom. The van der Waals surface area contributed by atoms with Crippen molar-refractivity contribution in [1.29, 1.82) is 0 Å². The molecule has 6 heteroatoms. The van der Waals surface area contributed by atoms with Gasteiger partial charge in [0.25, 0.3) is 5.91 Å². The van der Waals surface area contributed by atoms with Crippen molar-refractivity contribution < 1.29 is 9.59 Å². The summed E-state index contributed by atoms with van der Waals surface area (Å²) in [5, 5.41) is 6.82. The number of amides is 3. The molecule has 1 aromatic heterocycles. The van der Waals surface area contributed by atoms with Gasteiger partial charge in [0.2, 0.25) is 0 Å². The van der Waals surface area contributed by atoms with Crippen LogP contribution in [0.2, 0.25) is 0 Å². The highest BCUT2D eigenvalue weighted by Gasteiger charge is 2.53. The highest BCUT2D eigenvalue weighted by Crippen LogP contribution is 2.40. The highest BCUT2D eigenvalue weighted by atomic mass is 16.2. The lowest BCUT2D eigenvalue weighted by atomic mass is 9.76. The van der Waals surface area contributed by atoms with Gasteiger partial charge in [-0.3, -0.25) is 14.8 Å². The van der Waals surface area contributed by atoms with Crippen LogP contribution in [0.5, 0.6) is 0 Å². The maximum Gasteiger partial charge on any atom is 0.325 e. The number of hydrogen-bond acceptors (Lipinski definition) is 3. The quantitative estimate of drug-likeness (QED) is 0.843. The van der Waals surface area contributed by atoms with E-state index in [9.17, 15) is 9.59 Å². The zero-order valence-electron chi connectivity index (χ0n) is 12.8. The summed E-state index contributed by atoms with van der Waals surface area (Å²) in [5.74, 6) is 0.498. The fourth-order valence-electron chi connectivity index (χ4n) is 3.53. The summed E-state index contributed by atoms with van der Waals surface area (Å²) in [6.45, 7) is 4.57. The Bertz CT molecular complexity index is 584. The van der Waals surface area contributed by atoms with E-state index >= 15 is 0 Å². The number of urea groups is 1. The molecule has 0 unspecified atom stereocenters. The third-order valence-electron chi connectivity index (χ3n) is 4.93. The Labute approximate surface area is 124 Å². The van der Waals surface area contributed by atoms with E-state index in [-0.39, 0.29) is 11.9 Å². The highest BCUT2D eigenvalue weighted by molar-refractivity contribution is 6.07. The van der Waals surface area contributed by atoms with E-state index in [2.05, 4.69) is 17.3 Å². The molecule has 1 saturated carbocycles. The van der Waals surface area contributed by atoms with Crippen LogP contribution in [-0.2, 0) is 18.4 Å². The average molecular weight is 290 g/mol. The maximum absolute atomic E-state index is 12.4. The largest absolute Gasteiger partial charge is 0.325 e. The molecule has 0 atom stereocenters. The molecule has 114 valence electrons. The van der Waals surface area contributed by atoms with Gasteiger partial charge in [0.1, 0.15) is 5.54 Å². The van der Waals surface area contributed by atoms with Gasteiger partial charge in [0.05, 0.1) is 17.9 Å². The first-order chi connectivity index (χ1) is 9.92. The van der Waals surface area contributed by atoms with Crippen molar-refractivity contribution >= 4 is 11.9 Å². The van der Waals surface area contributed by atoms with Crippen molar-refractivity contribution in [3.63, 3.8) is 0 Å².